The number of fused-ring (bicyclic) bond motifs is 3. The van der Waals surface area contributed by atoms with Gasteiger partial charge in [-0.05, 0) is 104 Å². The van der Waals surface area contributed by atoms with Crippen LogP contribution in [0.5, 0.6) is 11.5 Å². The van der Waals surface area contributed by atoms with Crippen LogP contribution in [0.2, 0.25) is 0 Å². The quantitative estimate of drug-likeness (QED) is 0.221. The van der Waals surface area contributed by atoms with Crippen LogP contribution >= 0.6 is 0 Å². The summed E-state index contributed by atoms with van der Waals surface area (Å²) in [6.45, 7) is 6.01. The Balaban J connectivity index is 1.24. The number of Topliss-reactive ketones (excluding diaryl/α,β-unsaturated/α-hetero) is 1. The first-order valence-corrected chi connectivity index (χ1v) is 17.5. The molecule has 2 aromatic carbocycles. The number of benzene rings is 2. The van der Waals surface area contributed by atoms with E-state index in [1.54, 1.807) is 13.0 Å². The number of ether oxygens (including phenoxy) is 4. The Bertz CT molecular complexity index is 1780. The van der Waals surface area contributed by atoms with Crippen molar-refractivity contribution in [1.29, 1.82) is 0 Å². The smallest absolute Gasteiger partial charge is 0.335 e. The lowest BCUT2D eigenvalue weighted by Gasteiger charge is -2.57. The van der Waals surface area contributed by atoms with Crippen LogP contribution in [0.25, 0.3) is 10.8 Å². The van der Waals surface area contributed by atoms with Crippen molar-refractivity contribution in [3.8, 4) is 11.5 Å². The first-order valence-electron chi connectivity index (χ1n) is 17.5. The van der Waals surface area contributed by atoms with E-state index in [-0.39, 0.29) is 70.5 Å². The predicted octanol–water partition coefficient (Wildman–Crippen LogP) is 3.42. The zero-order chi connectivity index (χ0) is 35.7. The van der Waals surface area contributed by atoms with E-state index in [0.717, 1.165) is 24.5 Å². The molecule has 3 heterocycles. The molecule has 2 saturated heterocycles. The molecule has 2 aromatic rings. The first kappa shape index (κ1) is 35.1. The molecule has 3 fully saturated rings. The Morgan fingerprint density at radius 1 is 1.14 bits per heavy atom. The van der Waals surface area contributed by atoms with E-state index in [4.69, 9.17) is 18.9 Å². The summed E-state index contributed by atoms with van der Waals surface area (Å²) in [6.07, 6.45) is -0.568. The van der Waals surface area contributed by atoms with Crippen molar-refractivity contribution in [3.05, 3.63) is 57.7 Å². The number of phenolic OH excluding ortho intramolecular Hbond substituents is 1. The minimum Gasteiger partial charge on any atom is -0.506 e. The van der Waals surface area contributed by atoms with Crippen LogP contribution < -0.4 is 4.74 Å². The molecule has 6 N–H and O–H groups in total. The number of aryl methyl sites for hydroxylation is 1. The van der Waals surface area contributed by atoms with Crippen LogP contribution in [0, 0.1) is 30.1 Å². The van der Waals surface area contributed by atoms with E-state index in [2.05, 4.69) is 13.0 Å². The maximum Gasteiger partial charge on any atom is 0.335 e. The molecule has 1 spiro atoms. The molecular formula is C38H46O12. The second-order valence-electron chi connectivity index (χ2n) is 14.8. The summed E-state index contributed by atoms with van der Waals surface area (Å²) < 4.78 is 25.0. The van der Waals surface area contributed by atoms with Crippen LogP contribution in [0.3, 0.4) is 0 Å². The summed E-state index contributed by atoms with van der Waals surface area (Å²) in [5, 5.41) is 65.7. The second-order valence-corrected chi connectivity index (χ2v) is 14.8. The predicted molar refractivity (Wildman–Crippen MR) is 179 cm³/mol. The number of aliphatic hydroxyl groups excluding tert-OH is 4. The average molecular weight is 695 g/mol. The molecule has 270 valence electrons. The lowest BCUT2D eigenvalue weighted by molar-refractivity contribution is -0.325. The highest BCUT2D eigenvalue weighted by Gasteiger charge is 2.63. The molecule has 0 bridgehead atoms. The first-order chi connectivity index (χ1) is 23.9. The van der Waals surface area contributed by atoms with Gasteiger partial charge in [0.1, 0.15) is 35.4 Å². The zero-order valence-electron chi connectivity index (χ0n) is 28.6. The molecule has 9 unspecified atom stereocenters. The number of hydrogen-bond acceptors (Lipinski definition) is 11. The molecule has 5 aliphatic rings. The number of allylic oxidation sites excluding steroid dienone is 2. The number of aliphatic hydroxyl groups is 4. The van der Waals surface area contributed by atoms with E-state index < -0.39 is 54.3 Å². The highest BCUT2D eigenvalue weighted by molar-refractivity contribution is 6.08. The molecule has 50 heavy (non-hydrogen) atoms. The molecule has 12 nitrogen and oxygen atoms in total. The molecule has 12 heteroatoms. The number of carbonyl (C=O) groups excluding carboxylic acids is 1. The van der Waals surface area contributed by atoms with Gasteiger partial charge < -0.3 is 49.6 Å². The Morgan fingerprint density at radius 2 is 1.92 bits per heavy atom. The second kappa shape index (κ2) is 13.0. The summed E-state index contributed by atoms with van der Waals surface area (Å²) in [4.78, 5) is 24.5. The number of carboxylic acids is 1. The van der Waals surface area contributed by atoms with Crippen molar-refractivity contribution < 1.29 is 59.2 Å². The van der Waals surface area contributed by atoms with Gasteiger partial charge in [0, 0.05) is 18.6 Å². The molecule has 0 amide bonds. The van der Waals surface area contributed by atoms with E-state index in [1.165, 1.54) is 24.1 Å². The fourth-order valence-corrected chi connectivity index (χ4v) is 9.96. The van der Waals surface area contributed by atoms with Crippen LogP contribution in [0.1, 0.15) is 72.2 Å². The molecule has 3 aliphatic heterocycles. The van der Waals surface area contributed by atoms with E-state index in [9.17, 15) is 40.2 Å². The molecule has 0 aromatic heterocycles. The van der Waals surface area contributed by atoms with Crippen LogP contribution in [0.4, 0.5) is 0 Å². The maximum atomic E-state index is 12.4. The topological polar surface area (TPSA) is 192 Å². The number of carboxylic acid groups (broad SMARTS) is 1. The van der Waals surface area contributed by atoms with Crippen molar-refractivity contribution in [2.24, 2.45) is 23.2 Å². The molecular weight excluding hydrogens is 648 g/mol. The maximum absolute atomic E-state index is 12.4. The fraction of sp³-hybridized carbons (Fsp3) is 0.579. The third-order valence-corrected chi connectivity index (χ3v) is 12.2. The zero-order valence-corrected chi connectivity index (χ0v) is 28.6. The van der Waals surface area contributed by atoms with Crippen molar-refractivity contribution in [3.63, 3.8) is 0 Å². The molecule has 2 aliphatic carbocycles. The number of aromatic carboxylic acids is 1. The number of ketones is 1. The van der Waals surface area contributed by atoms with E-state index >= 15 is 0 Å². The fourth-order valence-electron chi connectivity index (χ4n) is 9.96. The average Bonchev–Trinajstić information content (AvgIpc) is 3.44. The van der Waals surface area contributed by atoms with Gasteiger partial charge >= 0.3 is 5.97 Å². The van der Waals surface area contributed by atoms with Gasteiger partial charge in [-0.3, -0.25) is 4.79 Å². The summed E-state index contributed by atoms with van der Waals surface area (Å²) in [6, 6.07) is 4.08. The third-order valence-electron chi connectivity index (χ3n) is 12.2. The molecule has 7 rings (SSSR count). The number of aromatic hydroxyl groups is 1. The largest absolute Gasteiger partial charge is 0.506 e. The highest BCUT2D eigenvalue weighted by Crippen LogP contribution is 2.63. The lowest BCUT2D eigenvalue weighted by Crippen LogP contribution is -2.69. The van der Waals surface area contributed by atoms with Gasteiger partial charge in [-0.2, -0.15) is 0 Å². The summed E-state index contributed by atoms with van der Waals surface area (Å²) in [5.74, 6) is -1.97. The molecule has 1 saturated carbocycles. The van der Waals surface area contributed by atoms with Gasteiger partial charge in [-0.15, -0.1) is 0 Å². The van der Waals surface area contributed by atoms with Crippen LogP contribution in [-0.2, 0) is 14.2 Å². The Hall–Kier alpha value is -3.36. The van der Waals surface area contributed by atoms with Gasteiger partial charge in [-0.25, -0.2) is 4.79 Å². The van der Waals surface area contributed by atoms with Gasteiger partial charge in [0.15, 0.2) is 5.78 Å². The molecule has 0 radical (unpaired) electrons. The minimum atomic E-state index is -1.71. The van der Waals surface area contributed by atoms with Crippen molar-refractivity contribution in [2.75, 3.05) is 33.0 Å². The minimum absolute atomic E-state index is 0.0371. The number of rotatable bonds is 8. The Morgan fingerprint density at radius 3 is 2.62 bits per heavy atom. The normalized spacial score (nSPS) is 35.0. The number of carbonyl (C=O) groups is 2. The van der Waals surface area contributed by atoms with E-state index in [1.807, 2.05) is 0 Å². The molecule has 9 atom stereocenters. The summed E-state index contributed by atoms with van der Waals surface area (Å²) in [5.41, 5.74) is 2.05. The van der Waals surface area contributed by atoms with Gasteiger partial charge in [-0.1, -0.05) is 19.1 Å². The van der Waals surface area contributed by atoms with Gasteiger partial charge in [0.05, 0.1) is 36.3 Å². The lowest BCUT2D eigenvalue weighted by atomic mass is 9.51. The summed E-state index contributed by atoms with van der Waals surface area (Å²) >= 11 is 0. The van der Waals surface area contributed by atoms with Gasteiger partial charge in [0.2, 0.25) is 6.29 Å². The Labute approximate surface area is 289 Å². The monoisotopic (exact) mass is 694 g/mol. The van der Waals surface area contributed by atoms with Crippen molar-refractivity contribution >= 4 is 22.5 Å². The number of phenols is 1. The Kier molecular flexibility index (Phi) is 9.12. The number of hydrogen-bond donors (Lipinski definition) is 6. The summed E-state index contributed by atoms with van der Waals surface area (Å²) in [7, 11) is 0. The van der Waals surface area contributed by atoms with Crippen LogP contribution in [-0.4, -0.2) is 106 Å². The highest BCUT2D eigenvalue weighted by atomic mass is 16.7. The SMILES string of the molecule is CC(=O)c1c(C)cc2cc(C(=O)O)cc(OC3OC(CO)C4(CC5C6=C(CC=C6C6(CCCO)COCCC6C5C)CO4)C(O)C3O)c2c1O. The van der Waals surface area contributed by atoms with Crippen LogP contribution in [0.15, 0.2) is 41.0 Å². The third kappa shape index (κ3) is 5.22. The van der Waals surface area contributed by atoms with E-state index in [0.29, 0.717) is 31.6 Å². The standard InChI is InChI=1S/C38H46O12/c1-18-11-22-12-23(35(45)46)13-27(31(22)32(42)29(18)20(3)41)49-36-33(43)34(44)38(28(15-40)50-36)14-24-19(2)25-7-10-47-17-37(25,8-4-9-39)26-6-5-21(16-48-38)30(24)26/h6,11-13,19,24-25,28,33-34,36,39-40,42-44H,4-5,7-10,14-17H2,1-3H3,(H,45,46). The van der Waals surface area contributed by atoms with Crippen molar-refractivity contribution in [1.82, 2.24) is 0 Å². The van der Waals surface area contributed by atoms with Gasteiger partial charge in [0.25, 0.3) is 0 Å². The van der Waals surface area contributed by atoms with Crippen molar-refractivity contribution in [2.45, 2.75) is 83.1 Å².